The molecule has 166 valence electrons. The van der Waals surface area contributed by atoms with Crippen LogP contribution in [0.25, 0.3) is 21.8 Å². The zero-order valence-corrected chi connectivity index (χ0v) is 21.2. The number of benzene rings is 2. The van der Waals surface area contributed by atoms with Gasteiger partial charge in [-0.2, -0.15) is 0 Å². The van der Waals surface area contributed by atoms with E-state index in [1.807, 2.05) is 13.8 Å². The van der Waals surface area contributed by atoms with Crippen molar-refractivity contribution < 1.29 is 10.2 Å². The molecule has 1 fully saturated rings. The Bertz CT molecular complexity index is 864. The molecule has 0 amide bonds. The highest BCUT2D eigenvalue weighted by molar-refractivity contribution is 9.10. The molecule has 1 aliphatic heterocycles. The van der Waals surface area contributed by atoms with Gasteiger partial charge in [-0.1, -0.05) is 45.7 Å². The summed E-state index contributed by atoms with van der Waals surface area (Å²) < 4.78 is 4.39. The number of aliphatic hydroxyl groups excluding tert-OH is 2. The number of β-amino-alcohol motifs (C(OH)–C–C–N with tert-alkyl or cyclic N) is 1. The average molecular weight is 543 g/mol. The number of halogens is 2. The van der Waals surface area contributed by atoms with Crippen LogP contribution < -0.4 is 5.32 Å². The third-order valence-corrected chi connectivity index (χ3v) is 5.85. The zero-order chi connectivity index (χ0) is 22.1. The number of nitrogens with zero attached hydrogens (tertiary/aromatic N) is 2. The van der Waals surface area contributed by atoms with Crippen LogP contribution in [-0.2, 0) is 6.54 Å². The van der Waals surface area contributed by atoms with Crippen LogP contribution in [0.15, 0.2) is 45.3 Å². The van der Waals surface area contributed by atoms with Gasteiger partial charge in [0, 0.05) is 70.1 Å². The Labute approximate surface area is 196 Å². The Kier molecular flexibility index (Phi) is 10.8. The highest BCUT2D eigenvalue weighted by Gasteiger charge is 2.18. The van der Waals surface area contributed by atoms with Crippen molar-refractivity contribution in [3.8, 4) is 0 Å². The topological polar surface area (TPSA) is 60.7 Å². The summed E-state index contributed by atoms with van der Waals surface area (Å²) in [5.74, 6) is 0. The van der Waals surface area contributed by atoms with Crippen molar-refractivity contribution in [3.05, 3.63) is 45.3 Å². The molecule has 0 radical (unpaired) electrons. The highest BCUT2D eigenvalue weighted by Crippen LogP contribution is 2.33. The van der Waals surface area contributed by atoms with Crippen molar-refractivity contribution in [3.63, 3.8) is 0 Å². The minimum absolute atomic E-state index is 0.250. The van der Waals surface area contributed by atoms with E-state index in [0.717, 1.165) is 52.7 Å². The number of rotatable bonds is 4. The molecule has 1 unspecified atom stereocenters. The summed E-state index contributed by atoms with van der Waals surface area (Å²) >= 11 is 7.16. The van der Waals surface area contributed by atoms with E-state index in [1.54, 1.807) is 6.92 Å². The van der Waals surface area contributed by atoms with Gasteiger partial charge in [0.25, 0.3) is 0 Å². The van der Waals surface area contributed by atoms with E-state index < -0.39 is 0 Å². The maximum Gasteiger partial charge on any atom is 0.0845 e. The number of hydrogen-bond donors (Lipinski definition) is 3. The lowest BCUT2D eigenvalue weighted by Crippen LogP contribution is -2.46. The number of hydrogen-bond acceptors (Lipinski definition) is 4. The first-order valence-electron chi connectivity index (χ1n) is 10.6. The molecule has 1 atom stereocenters. The summed E-state index contributed by atoms with van der Waals surface area (Å²) in [7, 11) is 0. The van der Waals surface area contributed by atoms with Crippen molar-refractivity contribution in [2.24, 2.45) is 0 Å². The molecule has 1 aromatic heterocycles. The van der Waals surface area contributed by atoms with E-state index >= 15 is 0 Å². The summed E-state index contributed by atoms with van der Waals surface area (Å²) in [6.45, 7) is 11.3. The minimum Gasteiger partial charge on any atom is -0.397 e. The number of fused-ring (bicyclic) bond motifs is 3. The van der Waals surface area contributed by atoms with Gasteiger partial charge in [0.1, 0.15) is 0 Å². The molecule has 1 saturated heterocycles. The van der Waals surface area contributed by atoms with Gasteiger partial charge in [-0.25, -0.2) is 0 Å². The molecule has 5 nitrogen and oxygen atoms in total. The van der Waals surface area contributed by atoms with E-state index in [9.17, 15) is 5.11 Å². The van der Waals surface area contributed by atoms with Gasteiger partial charge >= 0.3 is 0 Å². The molecule has 3 aromatic rings. The Morgan fingerprint density at radius 1 is 0.933 bits per heavy atom. The van der Waals surface area contributed by atoms with Crippen LogP contribution in [0, 0.1) is 0 Å². The van der Waals surface area contributed by atoms with Crippen molar-refractivity contribution >= 4 is 53.7 Å². The van der Waals surface area contributed by atoms with Gasteiger partial charge < -0.3 is 20.1 Å². The third kappa shape index (κ3) is 6.52. The Hall–Kier alpha value is -0.960. The number of nitrogens with one attached hydrogen (secondary N) is 1. The SMILES string of the molecule is CC.CCO.OC(CN1CCNCC1)Cn1c2ccc(Br)cc2c2cc(Br)ccc21. The largest absolute Gasteiger partial charge is 0.397 e. The smallest absolute Gasteiger partial charge is 0.0845 e. The molecule has 2 heterocycles. The van der Waals surface area contributed by atoms with Crippen LogP contribution >= 0.6 is 31.9 Å². The summed E-state index contributed by atoms with van der Waals surface area (Å²) in [5.41, 5.74) is 2.33. The fraction of sp³-hybridized carbons (Fsp3) is 0.478. The normalized spacial score (nSPS) is 15.3. The molecule has 0 aliphatic carbocycles. The second-order valence-electron chi connectivity index (χ2n) is 6.95. The predicted molar refractivity (Wildman–Crippen MR) is 134 cm³/mol. The van der Waals surface area contributed by atoms with Gasteiger partial charge in [0.05, 0.1) is 12.6 Å². The molecule has 0 saturated carbocycles. The first-order chi connectivity index (χ1) is 14.5. The lowest BCUT2D eigenvalue weighted by atomic mass is 10.2. The fourth-order valence-electron chi connectivity index (χ4n) is 3.71. The van der Waals surface area contributed by atoms with E-state index in [2.05, 4.69) is 83.0 Å². The van der Waals surface area contributed by atoms with E-state index in [-0.39, 0.29) is 12.7 Å². The van der Waals surface area contributed by atoms with Crippen LogP contribution in [0.2, 0.25) is 0 Å². The molecule has 2 aromatic carbocycles. The van der Waals surface area contributed by atoms with Crippen molar-refractivity contribution in [2.45, 2.75) is 33.4 Å². The molecule has 3 N–H and O–H groups in total. The van der Waals surface area contributed by atoms with E-state index in [4.69, 9.17) is 5.11 Å². The van der Waals surface area contributed by atoms with Crippen LogP contribution in [0.3, 0.4) is 0 Å². The molecule has 1 aliphatic rings. The fourth-order valence-corrected chi connectivity index (χ4v) is 4.43. The quantitative estimate of drug-likeness (QED) is 0.450. The van der Waals surface area contributed by atoms with Gasteiger partial charge in [-0.3, -0.25) is 4.90 Å². The van der Waals surface area contributed by atoms with Crippen LogP contribution in [0.1, 0.15) is 20.8 Å². The lowest BCUT2D eigenvalue weighted by molar-refractivity contribution is 0.0936. The molecular formula is C23H33Br2N3O2. The second kappa shape index (κ2) is 12.8. The average Bonchev–Trinajstić information content (AvgIpc) is 3.03. The summed E-state index contributed by atoms with van der Waals surface area (Å²) in [5, 5.41) is 24.0. The van der Waals surface area contributed by atoms with Gasteiger partial charge in [-0.05, 0) is 43.3 Å². The minimum atomic E-state index is -0.385. The van der Waals surface area contributed by atoms with Gasteiger partial charge in [-0.15, -0.1) is 0 Å². The van der Waals surface area contributed by atoms with Crippen LogP contribution in [0.4, 0.5) is 0 Å². The van der Waals surface area contributed by atoms with Crippen LogP contribution in [0.5, 0.6) is 0 Å². The van der Waals surface area contributed by atoms with E-state index in [0.29, 0.717) is 6.54 Å². The highest BCUT2D eigenvalue weighted by atomic mass is 79.9. The van der Waals surface area contributed by atoms with Crippen LogP contribution in [-0.4, -0.2) is 65.1 Å². The van der Waals surface area contributed by atoms with E-state index in [1.165, 1.54) is 10.8 Å². The summed E-state index contributed by atoms with van der Waals surface area (Å²) in [6, 6.07) is 12.7. The maximum atomic E-state index is 10.7. The molecule has 4 rings (SSSR count). The van der Waals surface area contributed by atoms with Gasteiger partial charge in [0.2, 0.25) is 0 Å². The standard InChI is InChI=1S/C19H21Br2N3O.C2H6O.C2H6/c20-13-1-3-18-16(9-13)17-10-14(21)2-4-19(17)24(18)12-15(25)11-23-7-5-22-6-8-23;1-2-3;1-2/h1-4,9-10,15,22,25H,5-8,11-12H2;3H,2H2,1H3;1-2H3. The predicted octanol–water partition coefficient (Wildman–Crippen LogP) is 4.61. The Morgan fingerprint density at radius 3 is 1.87 bits per heavy atom. The zero-order valence-electron chi connectivity index (χ0n) is 18.0. The second-order valence-corrected chi connectivity index (χ2v) is 8.79. The molecule has 7 heteroatoms. The Morgan fingerprint density at radius 2 is 1.40 bits per heavy atom. The summed E-state index contributed by atoms with van der Waals surface area (Å²) in [4.78, 5) is 2.34. The summed E-state index contributed by atoms with van der Waals surface area (Å²) in [6.07, 6.45) is -0.385. The van der Waals surface area contributed by atoms with Crippen molar-refractivity contribution in [1.29, 1.82) is 0 Å². The monoisotopic (exact) mass is 541 g/mol. The molecule has 30 heavy (non-hydrogen) atoms. The molecule has 0 spiro atoms. The van der Waals surface area contributed by atoms with Gasteiger partial charge in [0.15, 0.2) is 0 Å². The Balaban J connectivity index is 0.000000590. The first-order valence-corrected chi connectivity index (χ1v) is 12.2. The third-order valence-electron chi connectivity index (χ3n) is 4.86. The van der Waals surface area contributed by atoms with Crippen molar-refractivity contribution in [1.82, 2.24) is 14.8 Å². The maximum absolute atomic E-state index is 10.7. The number of piperazine rings is 1. The molecular weight excluding hydrogens is 510 g/mol. The van der Waals surface area contributed by atoms with Crippen molar-refractivity contribution in [2.75, 3.05) is 39.3 Å². The number of aromatic nitrogens is 1. The lowest BCUT2D eigenvalue weighted by Gasteiger charge is -2.29. The first kappa shape index (κ1) is 25.3. The molecule has 0 bridgehead atoms. The number of aliphatic hydroxyl groups is 2.